The molecule has 2 aromatic rings. The molecule has 2 aromatic carbocycles. The maximum Gasteiger partial charge on any atom is 0.331 e. The molecule has 226 valence electrons. The van der Waals surface area contributed by atoms with E-state index in [-0.39, 0.29) is 18.9 Å². The quantitative estimate of drug-likeness (QED) is 0.237. The molecule has 0 bridgehead atoms. The van der Waals surface area contributed by atoms with Crippen LogP contribution >= 0.6 is 23.2 Å². The van der Waals surface area contributed by atoms with Crippen molar-refractivity contribution in [2.45, 2.75) is 79.1 Å². The van der Waals surface area contributed by atoms with Gasteiger partial charge in [-0.3, -0.25) is 4.79 Å². The molecule has 0 aromatic heterocycles. The average Bonchev–Trinajstić information content (AvgIpc) is 2.89. The highest BCUT2D eigenvalue weighted by atomic mass is 35.5. The second-order valence-electron chi connectivity index (χ2n) is 12.0. The average molecular weight is 617 g/mol. The smallest absolute Gasteiger partial charge is 0.331 e. The van der Waals surface area contributed by atoms with Gasteiger partial charge in [-0.05, 0) is 86.9 Å². The third-order valence-electron chi connectivity index (χ3n) is 7.08. The van der Waals surface area contributed by atoms with Gasteiger partial charge in [0.1, 0.15) is 24.0 Å². The molecule has 0 unspecified atom stereocenters. The molecule has 0 spiro atoms. The number of hydrogen-bond acceptors (Lipinski definition) is 6. The summed E-state index contributed by atoms with van der Waals surface area (Å²) in [5, 5.41) is 3.93. The van der Waals surface area contributed by atoms with Crippen LogP contribution in [0.1, 0.15) is 65.5 Å². The molecule has 0 aliphatic heterocycles. The standard InChI is InChI=1S/C33H39Cl2NO6/c1-20-22(18-28(37)42-32(2,3)4)15-16-33(5,6)29(20)30(38)36-27(31(39)40-7)17-21-11-13-23(14-12-21)41-19-24-25(34)9-8-10-26(24)35/h8-14,18,27H,15-17,19H2,1-7H3,(H,36,38)/t27-/m0/s1. The lowest BCUT2D eigenvalue weighted by molar-refractivity contribution is -0.148. The van der Waals surface area contributed by atoms with Gasteiger partial charge < -0.3 is 19.5 Å². The number of nitrogens with one attached hydrogen (secondary N) is 1. The Morgan fingerprint density at radius 2 is 1.67 bits per heavy atom. The lowest BCUT2D eigenvalue weighted by atomic mass is 9.70. The fourth-order valence-corrected chi connectivity index (χ4v) is 5.42. The summed E-state index contributed by atoms with van der Waals surface area (Å²) in [4.78, 5) is 38.9. The zero-order valence-corrected chi connectivity index (χ0v) is 26.7. The fraction of sp³-hybridized carbons (Fsp3) is 0.424. The van der Waals surface area contributed by atoms with Crippen molar-refractivity contribution in [3.63, 3.8) is 0 Å². The van der Waals surface area contributed by atoms with Crippen LogP contribution in [0.3, 0.4) is 0 Å². The molecule has 9 heteroatoms. The molecule has 0 fully saturated rings. The van der Waals surface area contributed by atoms with E-state index < -0.39 is 29.0 Å². The van der Waals surface area contributed by atoms with Crippen LogP contribution in [0.15, 0.2) is 65.3 Å². The van der Waals surface area contributed by atoms with E-state index in [1.165, 1.54) is 13.2 Å². The van der Waals surface area contributed by atoms with E-state index in [4.69, 9.17) is 37.4 Å². The number of esters is 2. The van der Waals surface area contributed by atoms with Crippen molar-refractivity contribution in [3.05, 3.63) is 86.4 Å². The number of benzene rings is 2. The highest BCUT2D eigenvalue weighted by Gasteiger charge is 2.37. The molecule has 1 aliphatic carbocycles. The van der Waals surface area contributed by atoms with E-state index in [9.17, 15) is 14.4 Å². The Bertz CT molecular complexity index is 1370. The summed E-state index contributed by atoms with van der Waals surface area (Å²) in [6.07, 6.45) is 2.96. The van der Waals surface area contributed by atoms with Gasteiger partial charge in [-0.15, -0.1) is 0 Å². The van der Waals surface area contributed by atoms with Crippen molar-refractivity contribution in [1.29, 1.82) is 0 Å². The van der Waals surface area contributed by atoms with Crippen molar-refractivity contribution < 1.29 is 28.6 Å². The van der Waals surface area contributed by atoms with Crippen LogP contribution in [0.25, 0.3) is 0 Å². The minimum absolute atomic E-state index is 0.202. The summed E-state index contributed by atoms with van der Waals surface area (Å²) in [5.74, 6) is -0.791. The number of halogens is 2. The summed E-state index contributed by atoms with van der Waals surface area (Å²) in [6, 6.07) is 11.5. The molecule has 0 saturated carbocycles. The first-order valence-corrected chi connectivity index (χ1v) is 14.6. The van der Waals surface area contributed by atoms with Crippen molar-refractivity contribution in [2.24, 2.45) is 5.41 Å². The molecule has 0 heterocycles. The van der Waals surface area contributed by atoms with E-state index in [1.807, 2.05) is 32.9 Å². The maximum atomic E-state index is 13.7. The highest BCUT2D eigenvalue weighted by molar-refractivity contribution is 6.35. The van der Waals surface area contributed by atoms with E-state index in [2.05, 4.69) is 5.32 Å². The number of methoxy groups -OCH3 is 1. The topological polar surface area (TPSA) is 90.9 Å². The second kappa shape index (κ2) is 13.8. The number of rotatable bonds is 9. The molecule has 0 saturated heterocycles. The summed E-state index contributed by atoms with van der Waals surface area (Å²) in [7, 11) is 1.29. The Morgan fingerprint density at radius 3 is 2.24 bits per heavy atom. The predicted octanol–water partition coefficient (Wildman–Crippen LogP) is 7.18. The number of allylic oxidation sites excluding steroid dienone is 2. The van der Waals surface area contributed by atoms with Gasteiger partial charge in [0.25, 0.3) is 0 Å². The van der Waals surface area contributed by atoms with Crippen molar-refractivity contribution in [2.75, 3.05) is 7.11 Å². The van der Waals surface area contributed by atoms with Crippen LogP contribution in [0.5, 0.6) is 5.75 Å². The minimum atomic E-state index is -0.924. The monoisotopic (exact) mass is 615 g/mol. The van der Waals surface area contributed by atoms with Gasteiger partial charge in [-0.1, -0.05) is 55.2 Å². The van der Waals surface area contributed by atoms with E-state index in [0.29, 0.717) is 45.3 Å². The van der Waals surface area contributed by atoms with E-state index >= 15 is 0 Å². The van der Waals surface area contributed by atoms with Crippen molar-refractivity contribution in [1.82, 2.24) is 5.32 Å². The number of ether oxygens (including phenoxy) is 3. The van der Waals surface area contributed by atoms with Crippen LogP contribution in [0.2, 0.25) is 10.0 Å². The largest absolute Gasteiger partial charge is 0.489 e. The zero-order valence-electron chi connectivity index (χ0n) is 25.2. The number of carbonyl (C=O) groups is 3. The third-order valence-corrected chi connectivity index (χ3v) is 7.79. The van der Waals surface area contributed by atoms with E-state index in [0.717, 1.165) is 11.1 Å². The summed E-state index contributed by atoms with van der Waals surface area (Å²) in [5.41, 5.74) is 2.38. The molecule has 1 aliphatic rings. The molecule has 1 N–H and O–H groups in total. The van der Waals surface area contributed by atoms with Crippen molar-refractivity contribution in [3.8, 4) is 5.75 Å². The van der Waals surface area contributed by atoms with Gasteiger partial charge in [-0.2, -0.15) is 0 Å². The van der Waals surface area contributed by atoms with Crippen molar-refractivity contribution >= 4 is 41.0 Å². The van der Waals surface area contributed by atoms with Gasteiger partial charge in [0.2, 0.25) is 5.91 Å². The Morgan fingerprint density at radius 1 is 1.05 bits per heavy atom. The van der Waals surface area contributed by atoms with Gasteiger partial charge in [0.15, 0.2) is 0 Å². The van der Waals surface area contributed by atoms with Crippen LogP contribution < -0.4 is 10.1 Å². The van der Waals surface area contributed by atoms with Crippen LogP contribution in [-0.2, 0) is 36.9 Å². The zero-order chi connectivity index (χ0) is 31.2. The number of carbonyl (C=O) groups excluding carboxylic acids is 3. The fourth-order valence-electron chi connectivity index (χ4n) is 4.91. The normalized spacial score (nSPS) is 16.5. The minimum Gasteiger partial charge on any atom is -0.489 e. The molecular weight excluding hydrogens is 577 g/mol. The summed E-state index contributed by atoms with van der Waals surface area (Å²) < 4.78 is 16.3. The van der Waals surface area contributed by atoms with Gasteiger partial charge in [-0.25, -0.2) is 9.59 Å². The van der Waals surface area contributed by atoms with Gasteiger partial charge in [0.05, 0.1) is 7.11 Å². The molecule has 42 heavy (non-hydrogen) atoms. The van der Waals surface area contributed by atoms with Crippen LogP contribution in [-0.4, -0.2) is 36.6 Å². The van der Waals surface area contributed by atoms with E-state index in [1.54, 1.807) is 51.1 Å². The van der Waals surface area contributed by atoms with Gasteiger partial charge >= 0.3 is 11.9 Å². The molecular formula is C33H39Cl2NO6. The molecule has 7 nitrogen and oxygen atoms in total. The highest BCUT2D eigenvalue weighted by Crippen LogP contribution is 2.42. The molecule has 1 atom stereocenters. The number of hydrogen-bond donors (Lipinski definition) is 1. The lowest BCUT2D eigenvalue weighted by Crippen LogP contribution is -2.46. The Kier molecular flexibility index (Phi) is 10.9. The molecule has 3 rings (SSSR count). The number of amides is 1. The first-order chi connectivity index (χ1) is 19.6. The summed E-state index contributed by atoms with van der Waals surface area (Å²) in [6.45, 7) is 11.4. The first-order valence-electron chi connectivity index (χ1n) is 13.8. The Balaban J connectivity index is 1.77. The third kappa shape index (κ3) is 8.85. The predicted molar refractivity (Wildman–Crippen MR) is 165 cm³/mol. The molecule has 0 radical (unpaired) electrons. The van der Waals surface area contributed by atoms with Crippen LogP contribution in [0, 0.1) is 5.41 Å². The SMILES string of the molecule is COC(=O)[C@H](Cc1ccc(OCc2c(Cl)cccc2Cl)cc1)NC(=O)C1=C(C)C(=CC(=O)OC(C)(C)C)CCC1(C)C. The lowest BCUT2D eigenvalue weighted by Gasteiger charge is -2.35. The first kappa shape index (κ1) is 33.2. The molecule has 1 amide bonds. The Labute approximate surface area is 258 Å². The second-order valence-corrected chi connectivity index (χ2v) is 12.8. The van der Waals surface area contributed by atoms with Gasteiger partial charge in [0, 0.05) is 33.7 Å². The Hall–Kier alpha value is -3.29. The van der Waals surface area contributed by atoms with Crippen LogP contribution in [0.4, 0.5) is 0 Å². The maximum absolute atomic E-state index is 13.7. The summed E-state index contributed by atoms with van der Waals surface area (Å²) >= 11 is 12.5.